The monoisotopic (exact) mass is 733 g/mol. The van der Waals surface area contributed by atoms with Gasteiger partial charge in [0, 0.05) is 25.3 Å². The Labute approximate surface area is 310 Å². The van der Waals surface area contributed by atoms with E-state index in [4.69, 9.17) is 9.47 Å². The molecule has 4 heterocycles. The lowest BCUT2D eigenvalue weighted by Crippen LogP contribution is -2.50. The highest BCUT2D eigenvalue weighted by atomic mass is 32.1. The third-order valence-corrected chi connectivity index (χ3v) is 10.3. The molecule has 5 amide bonds. The van der Waals surface area contributed by atoms with Crippen molar-refractivity contribution in [1.82, 2.24) is 20.5 Å². The summed E-state index contributed by atoms with van der Waals surface area (Å²) < 4.78 is 11.4. The second kappa shape index (κ2) is 13.9. The van der Waals surface area contributed by atoms with Gasteiger partial charge >= 0.3 is 12.1 Å². The van der Waals surface area contributed by atoms with Crippen molar-refractivity contribution in [2.45, 2.75) is 70.6 Å². The smallest absolute Gasteiger partial charge is 0.408 e. The van der Waals surface area contributed by atoms with E-state index in [0.29, 0.717) is 75.9 Å². The number of carbonyl (C=O) groups excluding carboxylic acids is 4. The average molecular weight is 734 g/mol. The Hall–Kier alpha value is -5.94. The molecule has 2 aromatic heterocycles. The summed E-state index contributed by atoms with van der Waals surface area (Å²) in [5.74, 6) is 0.481. The van der Waals surface area contributed by atoms with Gasteiger partial charge in [-0.2, -0.15) is 5.26 Å². The Kier molecular flexibility index (Phi) is 9.29. The van der Waals surface area contributed by atoms with Gasteiger partial charge in [-0.1, -0.05) is 18.2 Å². The number of alkyl carbamates (subject to hydrolysis) is 1. The molecular formula is C39H39N7O6S. The molecule has 53 heavy (non-hydrogen) atoms. The van der Waals surface area contributed by atoms with Gasteiger partial charge in [-0.05, 0) is 101 Å². The minimum Gasteiger partial charge on any atom is -0.457 e. The van der Waals surface area contributed by atoms with Crippen molar-refractivity contribution >= 4 is 62.6 Å². The number of rotatable bonds is 8. The molecule has 1 saturated heterocycles. The molecular weight excluding hydrogens is 695 g/mol. The van der Waals surface area contributed by atoms with Crippen molar-refractivity contribution in [2.75, 3.05) is 23.3 Å². The molecule has 2 aromatic carbocycles. The lowest BCUT2D eigenvalue weighted by atomic mass is 10.0. The maximum atomic E-state index is 13.8. The summed E-state index contributed by atoms with van der Waals surface area (Å²) in [6.45, 7) is 7.80. The second-order valence-electron chi connectivity index (χ2n) is 14.5. The summed E-state index contributed by atoms with van der Waals surface area (Å²) in [5.41, 5.74) is 0.897. The number of ether oxygens (including phenoxy) is 2. The van der Waals surface area contributed by atoms with Crippen molar-refractivity contribution in [2.24, 2.45) is 0 Å². The number of nitriles is 1. The molecule has 2 fully saturated rings. The number of hydrogen-bond donors (Lipinski definition) is 3. The highest BCUT2D eigenvalue weighted by molar-refractivity contribution is 7.21. The van der Waals surface area contributed by atoms with Crippen LogP contribution in [0.5, 0.6) is 11.5 Å². The van der Waals surface area contributed by atoms with Gasteiger partial charge in [-0.25, -0.2) is 14.6 Å². The van der Waals surface area contributed by atoms with Crippen LogP contribution in [-0.2, 0) is 9.53 Å². The number of piperidine rings is 1. The molecule has 4 aromatic rings. The van der Waals surface area contributed by atoms with Crippen molar-refractivity contribution in [3.63, 3.8) is 0 Å². The molecule has 1 saturated carbocycles. The summed E-state index contributed by atoms with van der Waals surface area (Å²) in [6, 6.07) is 17.9. The summed E-state index contributed by atoms with van der Waals surface area (Å²) in [5, 5.41) is 19.4. The number of aryl methyl sites for hydroxylation is 1. The van der Waals surface area contributed by atoms with E-state index in [0.717, 1.165) is 5.56 Å². The van der Waals surface area contributed by atoms with Gasteiger partial charge in [-0.15, -0.1) is 11.3 Å². The Bertz CT molecular complexity index is 2200. The zero-order chi connectivity index (χ0) is 37.5. The maximum Gasteiger partial charge on any atom is 0.408 e. The van der Waals surface area contributed by atoms with Crippen LogP contribution >= 0.6 is 11.3 Å². The fourth-order valence-corrected chi connectivity index (χ4v) is 7.64. The zero-order valence-electron chi connectivity index (χ0n) is 29.8. The SMILES string of the molecule is Cc1cc(Oc2ccccc2)ccc1N1C(=O)Nc2c(C(=O)N[C@@H]3CCCN(C(=O)/C(C#N)=C/C4(NC(=O)OC(C)(C)C)CC4)C3)sc3nccc1c23. The summed E-state index contributed by atoms with van der Waals surface area (Å²) in [7, 11) is 0. The van der Waals surface area contributed by atoms with Gasteiger partial charge in [0.05, 0.1) is 28.0 Å². The molecule has 7 rings (SSSR count). The number of para-hydroxylation sites is 1. The van der Waals surface area contributed by atoms with Crippen LogP contribution in [-0.4, -0.2) is 64.1 Å². The molecule has 1 aliphatic carbocycles. The third-order valence-electron chi connectivity index (χ3n) is 9.19. The fraction of sp³-hybridized carbons (Fsp3) is 0.333. The molecule has 272 valence electrons. The molecule has 0 spiro atoms. The van der Waals surface area contributed by atoms with Gasteiger partial charge in [0.25, 0.3) is 11.8 Å². The second-order valence-corrected chi connectivity index (χ2v) is 15.5. The first-order valence-electron chi connectivity index (χ1n) is 17.4. The number of aromatic nitrogens is 1. The molecule has 0 unspecified atom stereocenters. The van der Waals surface area contributed by atoms with E-state index in [2.05, 4.69) is 20.9 Å². The summed E-state index contributed by atoms with van der Waals surface area (Å²) in [6.07, 6.45) is 4.94. The maximum absolute atomic E-state index is 13.8. The lowest BCUT2D eigenvalue weighted by Gasteiger charge is -2.33. The largest absolute Gasteiger partial charge is 0.457 e. The Morgan fingerprint density at radius 1 is 1.09 bits per heavy atom. The number of carbonyl (C=O) groups is 4. The van der Waals surface area contributed by atoms with Crippen LogP contribution < -0.4 is 25.6 Å². The standard InChI is InChI=1S/C39H39N7O6S/c1-23-19-27(51-26-10-6-5-7-11-26)12-13-28(23)46-29-14-17-41-34-30(29)31(43-36(46)49)32(53-34)33(47)42-25-9-8-18-45(22-25)35(48)24(21-40)20-39(15-16-39)44-37(50)52-38(2,3)4/h5-7,10-14,17,19-20,25H,8-9,15-16,18,22H2,1-4H3,(H,42,47)(H,43,49)(H,44,50)/b24-20+/t25-/m1/s1. The first-order valence-corrected chi connectivity index (χ1v) is 18.3. The highest BCUT2D eigenvalue weighted by Crippen LogP contribution is 2.46. The number of thiophene rings is 1. The van der Waals surface area contributed by atoms with Crippen LogP contribution in [0, 0.1) is 18.3 Å². The van der Waals surface area contributed by atoms with Crippen LogP contribution in [0.2, 0.25) is 0 Å². The Morgan fingerprint density at radius 3 is 2.57 bits per heavy atom. The van der Waals surface area contributed by atoms with Crippen molar-refractivity contribution in [1.29, 1.82) is 5.26 Å². The Morgan fingerprint density at radius 2 is 1.87 bits per heavy atom. The van der Waals surface area contributed by atoms with Crippen molar-refractivity contribution < 1.29 is 28.7 Å². The number of pyridine rings is 1. The number of nitrogens with one attached hydrogen (secondary N) is 3. The van der Waals surface area contributed by atoms with Gasteiger partial charge in [0.2, 0.25) is 0 Å². The number of nitrogens with zero attached hydrogens (tertiary/aromatic N) is 4. The Balaban J connectivity index is 1.06. The summed E-state index contributed by atoms with van der Waals surface area (Å²) >= 11 is 1.18. The number of likely N-dealkylation sites (tertiary alicyclic amines) is 1. The van der Waals surface area contributed by atoms with E-state index in [-0.39, 0.29) is 12.1 Å². The van der Waals surface area contributed by atoms with Crippen LogP contribution in [0.25, 0.3) is 10.2 Å². The minimum atomic E-state index is -0.805. The van der Waals surface area contributed by atoms with Crippen LogP contribution in [0.3, 0.4) is 0 Å². The predicted molar refractivity (Wildman–Crippen MR) is 201 cm³/mol. The van der Waals surface area contributed by atoms with E-state index in [9.17, 15) is 24.4 Å². The molecule has 0 radical (unpaired) electrons. The van der Waals surface area contributed by atoms with E-state index >= 15 is 0 Å². The minimum absolute atomic E-state index is 0.0704. The first-order chi connectivity index (χ1) is 25.3. The number of hydrogen-bond acceptors (Lipinski definition) is 9. The quantitative estimate of drug-likeness (QED) is 0.125. The molecule has 13 nitrogen and oxygen atoms in total. The molecule has 1 atom stereocenters. The molecule has 2 aliphatic heterocycles. The first kappa shape index (κ1) is 35.5. The molecule has 3 aliphatic rings. The van der Waals surface area contributed by atoms with E-state index in [1.54, 1.807) is 42.8 Å². The van der Waals surface area contributed by atoms with Crippen molar-refractivity contribution in [3.05, 3.63) is 82.9 Å². The molecule has 3 N–H and O–H groups in total. The number of anilines is 3. The van der Waals surface area contributed by atoms with Gasteiger partial charge < -0.3 is 30.3 Å². The van der Waals surface area contributed by atoms with Crippen LogP contribution in [0.4, 0.5) is 26.7 Å². The summed E-state index contributed by atoms with van der Waals surface area (Å²) in [4.78, 5) is 62.1. The van der Waals surface area contributed by atoms with E-state index in [1.807, 2.05) is 61.5 Å². The van der Waals surface area contributed by atoms with Crippen LogP contribution in [0.15, 0.2) is 72.4 Å². The van der Waals surface area contributed by atoms with E-state index in [1.165, 1.54) is 17.4 Å². The number of benzene rings is 2. The topological polar surface area (TPSA) is 166 Å². The van der Waals surface area contributed by atoms with Gasteiger partial charge in [0.15, 0.2) is 0 Å². The lowest BCUT2D eigenvalue weighted by molar-refractivity contribution is -0.128. The van der Waals surface area contributed by atoms with Crippen molar-refractivity contribution in [3.8, 4) is 17.6 Å². The molecule has 14 heteroatoms. The van der Waals surface area contributed by atoms with Crippen LogP contribution in [0.1, 0.15) is 61.7 Å². The van der Waals surface area contributed by atoms with E-state index < -0.39 is 41.1 Å². The highest BCUT2D eigenvalue weighted by Gasteiger charge is 2.44. The number of urea groups is 1. The van der Waals surface area contributed by atoms with Gasteiger partial charge in [-0.3, -0.25) is 14.5 Å². The number of amides is 5. The normalized spacial score (nSPS) is 17.8. The van der Waals surface area contributed by atoms with Gasteiger partial charge in [0.1, 0.15) is 38.4 Å². The predicted octanol–water partition coefficient (Wildman–Crippen LogP) is 7.31. The average Bonchev–Trinajstić information content (AvgIpc) is 3.76. The molecule has 0 bridgehead atoms. The zero-order valence-corrected chi connectivity index (χ0v) is 30.6. The third kappa shape index (κ3) is 7.52. The fourth-order valence-electron chi connectivity index (χ4n) is 6.62.